The van der Waals surface area contributed by atoms with Crippen molar-refractivity contribution < 1.29 is 4.79 Å². The van der Waals surface area contributed by atoms with Crippen molar-refractivity contribution in [2.75, 3.05) is 0 Å². The molecule has 0 aliphatic rings. The van der Waals surface area contributed by atoms with Crippen LogP contribution >= 0.6 is 11.3 Å². The van der Waals surface area contributed by atoms with Crippen molar-refractivity contribution in [3.05, 3.63) is 52.3 Å². The lowest BCUT2D eigenvalue weighted by Crippen LogP contribution is -2.23. The third-order valence-electron chi connectivity index (χ3n) is 3.45. The number of fused-ring (bicyclic) bond motifs is 1. The van der Waals surface area contributed by atoms with Crippen molar-refractivity contribution in [1.29, 1.82) is 0 Å². The molecule has 4 nitrogen and oxygen atoms in total. The molecule has 2 aromatic heterocycles. The summed E-state index contributed by atoms with van der Waals surface area (Å²) < 4.78 is 1.91. The van der Waals surface area contributed by atoms with E-state index in [-0.39, 0.29) is 5.91 Å². The summed E-state index contributed by atoms with van der Waals surface area (Å²) in [7, 11) is 0. The second-order valence-electron chi connectivity index (χ2n) is 4.99. The third-order valence-corrected chi connectivity index (χ3v) is 4.33. The van der Waals surface area contributed by atoms with Gasteiger partial charge in [0.1, 0.15) is 0 Å². The van der Waals surface area contributed by atoms with Crippen LogP contribution in [0.1, 0.15) is 16.9 Å². The first kappa shape index (κ1) is 13.8. The van der Waals surface area contributed by atoms with E-state index in [1.807, 2.05) is 40.5 Å². The highest BCUT2D eigenvalue weighted by Gasteiger charge is 2.07. The van der Waals surface area contributed by atoms with Crippen LogP contribution in [0.2, 0.25) is 0 Å². The Hall–Kier alpha value is -2.14. The van der Waals surface area contributed by atoms with Gasteiger partial charge in [0, 0.05) is 16.7 Å². The zero-order chi connectivity index (χ0) is 14.7. The standard InChI is InChI=1S/C16H17N3OS/c1-12-4-2-5-13-10-18-19(16(12)13)8-7-15(20)17-11-14-6-3-9-21-14/h2-6,9-10H,7-8,11H2,1H3,(H,17,20). The molecule has 0 aliphatic carbocycles. The van der Waals surface area contributed by atoms with Crippen LogP contribution < -0.4 is 5.32 Å². The van der Waals surface area contributed by atoms with E-state index in [1.54, 1.807) is 11.3 Å². The largest absolute Gasteiger partial charge is 0.351 e. The molecule has 108 valence electrons. The number of hydrogen-bond acceptors (Lipinski definition) is 3. The van der Waals surface area contributed by atoms with Crippen LogP contribution in [0.5, 0.6) is 0 Å². The number of nitrogens with zero attached hydrogens (tertiary/aromatic N) is 2. The van der Waals surface area contributed by atoms with Crippen LogP contribution in [-0.2, 0) is 17.9 Å². The van der Waals surface area contributed by atoms with Crippen molar-refractivity contribution in [2.45, 2.75) is 26.4 Å². The highest BCUT2D eigenvalue weighted by atomic mass is 32.1. The lowest BCUT2D eigenvalue weighted by atomic mass is 10.2. The molecule has 2 heterocycles. The minimum atomic E-state index is 0.0561. The highest BCUT2D eigenvalue weighted by molar-refractivity contribution is 7.09. The number of carbonyl (C=O) groups excluding carboxylic acids is 1. The minimum absolute atomic E-state index is 0.0561. The maximum absolute atomic E-state index is 11.9. The third kappa shape index (κ3) is 3.13. The summed E-state index contributed by atoms with van der Waals surface area (Å²) in [5.41, 5.74) is 2.30. The SMILES string of the molecule is Cc1cccc2cnn(CCC(=O)NCc3cccs3)c12. The van der Waals surface area contributed by atoms with Crippen molar-refractivity contribution in [1.82, 2.24) is 15.1 Å². The maximum Gasteiger partial charge on any atom is 0.222 e. The second-order valence-corrected chi connectivity index (χ2v) is 6.02. The van der Waals surface area contributed by atoms with Crippen molar-refractivity contribution >= 4 is 28.1 Å². The number of thiophene rings is 1. The molecule has 5 heteroatoms. The molecule has 0 radical (unpaired) electrons. The molecule has 3 rings (SSSR count). The minimum Gasteiger partial charge on any atom is -0.351 e. The Morgan fingerprint density at radius 1 is 1.33 bits per heavy atom. The van der Waals surface area contributed by atoms with Crippen LogP contribution in [-0.4, -0.2) is 15.7 Å². The number of aromatic nitrogens is 2. The quantitative estimate of drug-likeness (QED) is 0.787. The molecule has 0 saturated heterocycles. The molecule has 1 N–H and O–H groups in total. The fraction of sp³-hybridized carbons (Fsp3) is 0.250. The predicted octanol–water partition coefficient (Wildman–Crippen LogP) is 3.11. The summed E-state index contributed by atoms with van der Waals surface area (Å²) in [6.45, 7) is 3.28. The summed E-state index contributed by atoms with van der Waals surface area (Å²) in [5, 5.41) is 10.5. The number of nitrogens with one attached hydrogen (secondary N) is 1. The van der Waals surface area contributed by atoms with Gasteiger partial charge in [-0.15, -0.1) is 11.3 Å². The van der Waals surface area contributed by atoms with Gasteiger partial charge in [0.15, 0.2) is 0 Å². The van der Waals surface area contributed by atoms with E-state index in [2.05, 4.69) is 23.4 Å². The van der Waals surface area contributed by atoms with Gasteiger partial charge < -0.3 is 5.32 Å². The van der Waals surface area contributed by atoms with Gasteiger partial charge in [0.2, 0.25) is 5.91 Å². The van der Waals surface area contributed by atoms with Crippen molar-refractivity contribution in [3.63, 3.8) is 0 Å². The lowest BCUT2D eigenvalue weighted by molar-refractivity contribution is -0.121. The van der Waals surface area contributed by atoms with Crippen molar-refractivity contribution in [3.8, 4) is 0 Å². The number of benzene rings is 1. The van der Waals surface area contributed by atoms with E-state index in [0.29, 0.717) is 19.5 Å². The smallest absolute Gasteiger partial charge is 0.222 e. The second kappa shape index (κ2) is 6.10. The average Bonchev–Trinajstić information content (AvgIpc) is 3.13. The Morgan fingerprint density at radius 2 is 2.24 bits per heavy atom. The van der Waals surface area contributed by atoms with Crippen LogP contribution in [0.3, 0.4) is 0 Å². The Labute approximate surface area is 127 Å². The highest BCUT2D eigenvalue weighted by Crippen LogP contribution is 2.17. The predicted molar refractivity (Wildman–Crippen MR) is 85.3 cm³/mol. The van der Waals surface area contributed by atoms with Gasteiger partial charge in [-0.05, 0) is 23.9 Å². The van der Waals surface area contributed by atoms with E-state index < -0.39 is 0 Å². The van der Waals surface area contributed by atoms with E-state index in [4.69, 9.17) is 0 Å². The Kier molecular flexibility index (Phi) is 4.01. The maximum atomic E-state index is 11.9. The van der Waals surface area contributed by atoms with Crippen LogP contribution in [0.4, 0.5) is 0 Å². The van der Waals surface area contributed by atoms with E-state index >= 15 is 0 Å². The number of rotatable bonds is 5. The first-order valence-electron chi connectivity index (χ1n) is 6.94. The van der Waals surface area contributed by atoms with Gasteiger partial charge in [0.25, 0.3) is 0 Å². The Morgan fingerprint density at radius 3 is 3.05 bits per heavy atom. The van der Waals surface area contributed by atoms with E-state index in [0.717, 1.165) is 10.9 Å². The fourth-order valence-corrected chi connectivity index (χ4v) is 3.04. The zero-order valence-electron chi connectivity index (χ0n) is 11.9. The van der Waals surface area contributed by atoms with Crippen LogP contribution in [0, 0.1) is 6.92 Å². The molecule has 0 unspecified atom stereocenters. The van der Waals surface area contributed by atoms with Gasteiger partial charge in [-0.3, -0.25) is 9.48 Å². The molecular formula is C16H17N3OS. The van der Waals surface area contributed by atoms with Gasteiger partial charge in [0.05, 0.1) is 24.8 Å². The summed E-state index contributed by atoms with van der Waals surface area (Å²) in [6, 6.07) is 10.2. The molecular weight excluding hydrogens is 282 g/mol. The topological polar surface area (TPSA) is 46.9 Å². The number of aryl methyl sites for hydroxylation is 2. The van der Waals surface area contributed by atoms with Crippen LogP contribution in [0.25, 0.3) is 10.9 Å². The summed E-state index contributed by atoms with van der Waals surface area (Å²) in [4.78, 5) is 13.1. The molecule has 0 saturated carbocycles. The molecule has 0 bridgehead atoms. The van der Waals surface area contributed by atoms with Crippen molar-refractivity contribution in [2.24, 2.45) is 0 Å². The number of para-hydroxylation sites is 1. The molecule has 21 heavy (non-hydrogen) atoms. The summed E-state index contributed by atoms with van der Waals surface area (Å²) in [5.74, 6) is 0.0561. The fourth-order valence-electron chi connectivity index (χ4n) is 2.39. The lowest BCUT2D eigenvalue weighted by Gasteiger charge is -2.06. The zero-order valence-corrected chi connectivity index (χ0v) is 12.7. The van der Waals surface area contributed by atoms with Gasteiger partial charge in [-0.2, -0.15) is 5.10 Å². The molecule has 0 atom stereocenters. The molecule has 0 aliphatic heterocycles. The number of amides is 1. The van der Waals surface area contributed by atoms with Gasteiger partial charge in [-0.1, -0.05) is 24.3 Å². The molecule has 0 fully saturated rings. The van der Waals surface area contributed by atoms with E-state index in [1.165, 1.54) is 10.4 Å². The monoisotopic (exact) mass is 299 g/mol. The molecule has 0 spiro atoms. The Balaban J connectivity index is 1.60. The molecule has 1 aromatic carbocycles. The average molecular weight is 299 g/mol. The van der Waals surface area contributed by atoms with Gasteiger partial charge >= 0.3 is 0 Å². The van der Waals surface area contributed by atoms with Crippen LogP contribution in [0.15, 0.2) is 41.9 Å². The molecule has 1 amide bonds. The first-order valence-corrected chi connectivity index (χ1v) is 7.82. The number of carbonyl (C=O) groups is 1. The summed E-state index contributed by atoms with van der Waals surface area (Å²) >= 11 is 1.65. The van der Waals surface area contributed by atoms with Gasteiger partial charge in [-0.25, -0.2) is 0 Å². The molecule has 3 aromatic rings. The Bertz CT molecular complexity index is 746. The summed E-state index contributed by atoms with van der Waals surface area (Å²) in [6.07, 6.45) is 2.29. The van der Waals surface area contributed by atoms with E-state index in [9.17, 15) is 4.79 Å². The first-order chi connectivity index (χ1) is 10.2. The number of hydrogen-bond donors (Lipinski definition) is 1. The normalized spacial score (nSPS) is 10.9.